The van der Waals surface area contributed by atoms with Crippen LogP contribution in [-0.2, 0) is 40.1 Å². The van der Waals surface area contributed by atoms with Crippen LogP contribution in [0.3, 0.4) is 0 Å². The van der Waals surface area contributed by atoms with Crippen LogP contribution >= 0.6 is 0 Å². The summed E-state index contributed by atoms with van der Waals surface area (Å²) >= 11 is 0. The van der Waals surface area contributed by atoms with Crippen molar-refractivity contribution in [1.29, 1.82) is 0 Å². The van der Waals surface area contributed by atoms with Gasteiger partial charge < -0.3 is 36.8 Å². The second-order valence-corrected chi connectivity index (χ2v) is 13.3. The van der Waals surface area contributed by atoms with Crippen molar-refractivity contribution in [3.8, 4) is 0 Å². The van der Waals surface area contributed by atoms with E-state index in [0.717, 1.165) is 5.56 Å². The van der Waals surface area contributed by atoms with Gasteiger partial charge >= 0.3 is 0 Å². The van der Waals surface area contributed by atoms with Gasteiger partial charge in [-0.3, -0.25) is 33.6 Å². The molecule has 2 saturated heterocycles. The molecular formula is C34H51N7O7. The van der Waals surface area contributed by atoms with Crippen LogP contribution in [0.2, 0.25) is 0 Å². The fourth-order valence-corrected chi connectivity index (χ4v) is 6.09. The van der Waals surface area contributed by atoms with Gasteiger partial charge in [0.1, 0.15) is 30.2 Å². The molecule has 0 aliphatic carbocycles. The lowest BCUT2D eigenvalue weighted by molar-refractivity contribution is -0.143. The number of carbonyl (C=O) groups excluding carboxylic acids is 7. The highest BCUT2D eigenvalue weighted by Gasteiger charge is 2.45. The van der Waals surface area contributed by atoms with Crippen molar-refractivity contribution in [3.63, 3.8) is 0 Å². The fourth-order valence-electron chi connectivity index (χ4n) is 6.09. The maximum Gasteiger partial charge on any atom is 0.246 e. The molecule has 14 heteroatoms. The SMILES string of the molecule is CC(=O)N[C@H](C(=O)N[C@@H](C)C(=O)N[C@H]1CCC[C@H]2CC[C@@H](C(=O)N[C@H](C(=O)NCC(=O)NCc3ccccc3)C(C)C)N2C1=O)C(C)C. The first-order chi connectivity index (χ1) is 22.7. The summed E-state index contributed by atoms with van der Waals surface area (Å²) in [5.41, 5.74) is 0.920. The van der Waals surface area contributed by atoms with Crippen LogP contribution in [-0.4, -0.2) is 89.0 Å². The van der Waals surface area contributed by atoms with E-state index in [9.17, 15) is 33.6 Å². The topological polar surface area (TPSA) is 195 Å². The molecule has 0 bridgehead atoms. The molecule has 2 fully saturated rings. The molecule has 0 spiro atoms. The Bertz CT molecular complexity index is 1340. The van der Waals surface area contributed by atoms with Crippen LogP contribution in [0.1, 0.15) is 79.2 Å². The normalized spacial score (nSPS) is 20.9. The summed E-state index contributed by atoms with van der Waals surface area (Å²) in [6.07, 6.45) is 2.69. The number of amides is 7. The Morgan fingerprint density at radius 3 is 2.04 bits per heavy atom. The highest BCUT2D eigenvalue weighted by atomic mass is 16.2. The van der Waals surface area contributed by atoms with Crippen molar-refractivity contribution < 1.29 is 33.6 Å². The number of nitrogens with one attached hydrogen (secondary N) is 6. The Balaban J connectivity index is 1.59. The lowest BCUT2D eigenvalue weighted by Crippen LogP contribution is -2.59. The van der Waals surface area contributed by atoms with Gasteiger partial charge in [-0.15, -0.1) is 0 Å². The minimum atomic E-state index is -0.984. The van der Waals surface area contributed by atoms with Gasteiger partial charge in [0.25, 0.3) is 0 Å². The summed E-state index contributed by atoms with van der Waals surface area (Å²) in [7, 11) is 0. The highest BCUT2D eigenvalue weighted by molar-refractivity contribution is 5.97. The fraction of sp³-hybridized carbons (Fsp3) is 0.618. The lowest BCUT2D eigenvalue weighted by atomic mass is 10.0. The van der Waals surface area contributed by atoms with Crippen molar-refractivity contribution in [2.75, 3.05) is 6.54 Å². The van der Waals surface area contributed by atoms with Gasteiger partial charge in [-0.25, -0.2) is 0 Å². The van der Waals surface area contributed by atoms with Crippen molar-refractivity contribution in [1.82, 2.24) is 36.8 Å². The Morgan fingerprint density at radius 2 is 1.42 bits per heavy atom. The third kappa shape index (κ3) is 10.5. The molecule has 3 rings (SSSR count). The molecule has 2 aliphatic heterocycles. The summed E-state index contributed by atoms with van der Waals surface area (Å²) in [6, 6.07) is 4.71. The van der Waals surface area contributed by atoms with E-state index >= 15 is 0 Å². The predicted molar refractivity (Wildman–Crippen MR) is 178 cm³/mol. The van der Waals surface area contributed by atoms with Crippen LogP contribution in [0.25, 0.3) is 0 Å². The van der Waals surface area contributed by atoms with E-state index in [1.54, 1.807) is 27.7 Å². The van der Waals surface area contributed by atoms with Gasteiger partial charge in [0.15, 0.2) is 0 Å². The second-order valence-electron chi connectivity index (χ2n) is 13.3. The van der Waals surface area contributed by atoms with Gasteiger partial charge in [0, 0.05) is 19.5 Å². The number of rotatable bonds is 14. The van der Waals surface area contributed by atoms with E-state index in [0.29, 0.717) is 38.6 Å². The van der Waals surface area contributed by atoms with Crippen molar-refractivity contribution >= 4 is 41.4 Å². The maximum atomic E-state index is 13.8. The molecular weight excluding hydrogens is 618 g/mol. The number of fused-ring (bicyclic) bond motifs is 1. The van der Waals surface area contributed by atoms with Gasteiger partial charge in [0.05, 0.1) is 6.54 Å². The summed E-state index contributed by atoms with van der Waals surface area (Å²) in [5.74, 6) is -3.70. The molecule has 0 unspecified atom stereocenters. The van der Waals surface area contributed by atoms with Crippen molar-refractivity contribution in [2.45, 2.75) is 116 Å². The third-order valence-electron chi connectivity index (χ3n) is 8.77. The summed E-state index contributed by atoms with van der Waals surface area (Å²) in [5, 5.41) is 16.1. The van der Waals surface area contributed by atoms with Crippen molar-refractivity contribution in [3.05, 3.63) is 35.9 Å². The summed E-state index contributed by atoms with van der Waals surface area (Å²) in [6.45, 7) is 9.97. The predicted octanol–water partition coefficient (Wildman–Crippen LogP) is 0.254. The first-order valence-corrected chi connectivity index (χ1v) is 16.8. The zero-order valence-corrected chi connectivity index (χ0v) is 28.8. The van der Waals surface area contributed by atoms with E-state index in [4.69, 9.17) is 0 Å². The van der Waals surface area contributed by atoms with Gasteiger partial charge in [0.2, 0.25) is 41.4 Å². The largest absolute Gasteiger partial charge is 0.350 e. The average molecular weight is 670 g/mol. The van der Waals surface area contributed by atoms with Crippen LogP contribution in [0.5, 0.6) is 0 Å². The molecule has 264 valence electrons. The molecule has 2 heterocycles. The van der Waals surface area contributed by atoms with Crippen LogP contribution in [0.15, 0.2) is 30.3 Å². The van der Waals surface area contributed by atoms with Gasteiger partial charge in [-0.05, 0) is 56.4 Å². The first-order valence-electron chi connectivity index (χ1n) is 16.8. The highest BCUT2D eigenvalue weighted by Crippen LogP contribution is 2.32. The molecule has 6 atom stereocenters. The lowest BCUT2D eigenvalue weighted by Gasteiger charge is -2.32. The standard InChI is InChI=1S/C34H51N7O7/c1-19(2)28(32(46)36-18-27(43)35-17-23-11-8-7-9-12-23)40-31(45)26-16-15-24-13-10-14-25(34(48)41(24)26)39-30(44)21(5)37-33(47)29(20(3)4)38-22(6)42/h7-9,11-12,19-21,24-26,28-29H,10,13-18H2,1-6H3,(H,35,43)(H,36,46)(H,37,47)(H,38,42)(H,39,44)(H,40,45)/t21-,24-,25-,26-,28-,29-/m0/s1. The zero-order chi connectivity index (χ0) is 35.5. The maximum absolute atomic E-state index is 13.8. The number of nitrogens with zero attached hydrogens (tertiary/aromatic N) is 1. The molecule has 0 aromatic heterocycles. The van der Waals surface area contributed by atoms with Crippen LogP contribution in [0, 0.1) is 11.8 Å². The molecule has 6 N–H and O–H groups in total. The minimum Gasteiger partial charge on any atom is -0.350 e. The second kappa shape index (κ2) is 17.6. The van der Waals surface area contributed by atoms with E-state index in [-0.39, 0.29) is 42.1 Å². The van der Waals surface area contributed by atoms with E-state index in [2.05, 4.69) is 31.9 Å². The number of hydrogen-bond donors (Lipinski definition) is 6. The molecule has 2 aliphatic rings. The summed E-state index contributed by atoms with van der Waals surface area (Å²) < 4.78 is 0. The Hall–Kier alpha value is -4.49. The van der Waals surface area contributed by atoms with Crippen molar-refractivity contribution in [2.24, 2.45) is 11.8 Å². The minimum absolute atomic E-state index is 0.184. The monoisotopic (exact) mass is 669 g/mol. The molecule has 14 nitrogen and oxygen atoms in total. The summed E-state index contributed by atoms with van der Waals surface area (Å²) in [4.78, 5) is 91.8. The quantitative estimate of drug-likeness (QED) is 0.163. The van der Waals surface area contributed by atoms with Crippen LogP contribution in [0.4, 0.5) is 0 Å². The Labute approximate surface area is 282 Å². The Kier molecular flexibility index (Phi) is 13.9. The number of hydrogen-bond acceptors (Lipinski definition) is 7. The number of benzene rings is 1. The molecule has 1 aromatic rings. The van der Waals surface area contributed by atoms with E-state index < -0.39 is 53.8 Å². The van der Waals surface area contributed by atoms with Gasteiger partial charge in [-0.1, -0.05) is 58.0 Å². The molecule has 1 aromatic carbocycles. The zero-order valence-electron chi connectivity index (χ0n) is 28.8. The third-order valence-corrected chi connectivity index (χ3v) is 8.77. The molecule has 0 saturated carbocycles. The van der Waals surface area contributed by atoms with Crippen LogP contribution < -0.4 is 31.9 Å². The van der Waals surface area contributed by atoms with E-state index in [1.165, 1.54) is 18.7 Å². The Morgan fingerprint density at radius 1 is 0.771 bits per heavy atom. The smallest absolute Gasteiger partial charge is 0.246 e. The molecule has 0 radical (unpaired) electrons. The molecule has 7 amide bonds. The number of carbonyl (C=O) groups is 7. The van der Waals surface area contributed by atoms with Gasteiger partial charge in [-0.2, -0.15) is 0 Å². The first kappa shape index (κ1) is 38.0. The van der Waals surface area contributed by atoms with E-state index in [1.807, 2.05) is 30.3 Å². The molecule has 48 heavy (non-hydrogen) atoms. The average Bonchev–Trinajstić information content (AvgIpc) is 3.40.